The number of halogens is 3. The lowest BCUT2D eigenvalue weighted by Gasteiger charge is -2.11. The summed E-state index contributed by atoms with van der Waals surface area (Å²) in [6.07, 6.45) is -3.63. The average molecular weight is 391 g/mol. The topological polar surface area (TPSA) is 55.6 Å². The number of carbonyl (C=O) groups excluding carboxylic acids is 1. The van der Waals surface area contributed by atoms with Crippen LogP contribution < -0.4 is 10.1 Å². The SMILES string of the molecule is Cc1nc2ccc(C(F)(F)F)cn2c1C(=O)Nc1ccc(OCC(C)C)cc1. The molecule has 0 saturated carbocycles. The fourth-order valence-electron chi connectivity index (χ4n) is 2.69. The lowest BCUT2D eigenvalue weighted by Crippen LogP contribution is -2.16. The van der Waals surface area contributed by atoms with Gasteiger partial charge in [-0.25, -0.2) is 4.98 Å². The van der Waals surface area contributed by atoms with E-state index in [1.54, 1.807) is 31.2 Å². The van der Waals surface area contributed by atoms with Crippen LogP contribution in [0.25, 0.3) is 5.65 Å². The summed E-state index contributed by atoms with van der Waals surface area (Å²) in [5, 5.41) is 2.69. The summed E-state index contributed by atoms with van der Waals surface area (Å²) in [7, 11) is 0. The first kappa shape index (κ1) is 19.7. The minimum Gasteiger partial charge on any atom is -0.493 e. The molecule has 0 spiro atoms. The zero-order chi connectivity index (χ0) is 20.5. The number of ether oxygens (including phenoxy) is 1. The number of amides is 1. The number of carbonyl (C=O) groups is 1. The van der Waals surface area contributed by atoms with Gasteiger partial charge in [0, 0.05) is 11.9 Å². The molecule has 28 heavy (non-hydrogen) atoms. The van der Waals surface area contributed by atoms with Crippen LogP contribution in [0.4, 0.5) is 18.9 Å². The van der Waals surface area contributed by atoms with E-state index in [-0.39, 0.29) is 11.3 Å². The van der Waals surface area contributed by atoms with Crippen molar-refractivity contribution in [3.63, 3.8) is 0 Å². The van der Waals surface area contributed by atoms with Crippen molar-refractivity contribution < 1.29 is 22.7 Å². The Kier molecular flexibility index (Phi) is 5.31. The zero-order valence-electron chi connectivity index (χ0n) is 15.7. The number of imidazole rings is 1. The van der Waals surface area contributed by atoms with Gasteiger partial charge in [-0.3, -0.25) is 9.20 Å². The predicted octanol–water partition coefficient (Wildman–Crippen LogP) is 4.95. The van der Waals surface area contributed by atoms with Crippen molar-refractivity contribution >= 4 is 17.2 Å². The van der Waals surface area contributed by atoms with Crippen molar-refractivity contribution in [3.8, 4) is 5.75 Å². The Labute approximate surface area is 160 Å². The number of rotatable bonds is 5. The molecule has 2 aromatic heterocycles. The van der Waals surface area contributed by atoms with E-state index < -0.39 is 17.6 Å². The van der Waals surface area contributed by atoms with E-state index in [1.807, 2.05) is 13.8 Å². The first-order chi connectivity index (χ1) is 13.1. The standard InChI is InChI=1S/C20H20F3N3O2/c1-12(2)11-28-16-7-5-15(6-8-16)25-19(27)18-13(3)24-17-9-4-14(10-26(17)18)20(21,22)23/h4-10,12H,11H2,1-3H3,(H,25,27). The normalized spacial score (nSPS) is 11.8. The van der Waals surface area contributed by atoms with Crippen LogP contribution in [0.2, 0.25) is 0 Å². The maximum absolute atomic E-state index is 13.0. The number of aromatic nitrogens is 2. The molecule has 5 nitrogen and oxygen atoms in total. The summed E-state index contributed by atoms with van der Waals surface area (Å²) in [5.74, 6) is 0.520. The molecule has 1 N–H and O–H groups in total. The Morgan fingerprint density at radius 2 is 1.86 bits per heavy atom. The van der Waals surface area contributed by atoms with Crippen molar-refractivity contribution in [3.05, 3.63) is 59.5 Å². The smallest absolute Gasteiger partial charge is 0.417 e. The molecule has 0 unspecified atom stereocenters. The summed E-state index contributed by atoms with van der Waals surface area (Å²) in [5.41, 5.74) is 0.323. The highest BCUT2D eigenvalue weighted by molar-refractivity contribution is 6.04. The van der Waals surface area contributed by atoms with Crippen LogP contribution in [0.5, 0.6) is 5.75 Å². The number of alkyl halides is 3. The molecule has 0 fully saturated rings. The van der Waals surface area contributed by atoms with Crippen molar-refractivity contribution in [1.82, 2.24) is 9.38 Å². The molecular weight excluding hydrogens is 371 g/mol. The van der Waals surface area contributed by atoms with Crippen LogP contribution in [0.15, 0.2) is 42.6 Å². The second kappa shape index (κ2) is 7.53. The molecule has 2 heterocycles. The third-order valence-corrected chi connectivity index (χ3v) is 4.03. The van der Waals surface area contributed by atoms with Crippen LogP contribution in [-0.4, -0.2) is 21.9 Å². The lowest BCUT2D eigenvalue weighted by atomic mass is 10.2. The lowest BCUT2D eigenvalue weighted by molar-refractivity contribution is -0.137. The van der Waals surface area contributed by atoms with Gasteiger partial charge in [-0.15, -0.1) is 0 Å². The molecule has 0 aliphatic carbocycles. The van der Waals surface area contributed by atoms with E-state index in [9.17, 15) is 18.0 Å². The third-order valence-electron chi connectivity index (χ3n) is 4.03. The van der Waals surface area contributed by atoms with Crippen LogP contribution in [0.3, 0.4) is 0 Å². The highest BCUT2D eigenvalue weighted by Crippen LogP contribution is 2.30. The van der Waals surface area contributed by atoms with Crippen molar-refractivity contribution in [2.75, 3.05) is 11.9 Å². The maximum atomic E-state index is 13.0. The second-order valence-corrected chi connectivity index (χ2v) is 6.87. The zero-order valence-corrected chi connectivity index (χ0v) is 15.7. The highest BCUT2D eigenvalue weighted by atomic mass is 19.4. The van der Waals surface area contributed by atoms with Crippen LogP contribution in [0.1, 0.15) is 35.6 Å². The van der Waals surface area contributed by atoms with Gasteiger partial charge in [-0.05, 0) is 49.2 Å². The molecule has 0 radical (unpaired) electrons. The van der Waals surface area contributed by atoms with Crippen LogP contribution >= 0.6 is 0 Å². The fourth-order valence-corrected chi connectivity index (χ4v) is 2.69. The minimum atomic E-state index is -4.51. The summed E-state index contributed by atoms with van der Waals surface area (Å²) >= 11 is 0. The second-order valence-electron chi connectivity index (χ2n) is 6.87. The van der Waals surface area contributed by atoms with E-state index >= 15 is 0 Å². The third kappa shape index (κ3) is 4.27. The van der Waals surface area contributed by atoms with Crippen molar-refractivity contribution in [2.24, 2.45) is 5.92 Å². The molecule has 0 bridgehead atoms. The van der Waals surface area contributed by atoms with Gasteiger partial charge < -0.3 is 10.1 Å². The Hall–Kier alpha value is -3.03. The van der Waals surface area contributed by atoms with E-state index in [0.717, 1.165) is 16.7 Å². The number of hydrogen-bond acceptors (Lipinski definition) is 3. The maximum Gasteiger partial charge on any atom is 0.417 e. The highest BCUT2D eigenvalue weighted by Gasteiger charge is 2.31. The van der Waals surface area contributed by atoms with E-state index in [4.69, 9.17) is 4.74 Å². The Balaban J connectivity index is 1.84. The average Bonchev–Trinajstić information content (AvgIpc) is 2.95. The van der Waals surface area contributed by atoms with Gasteiger partial charge in [0.2, 0.25) is 0 Å². The van der Waals surface area contributed by atoms with E-state index in [0.29, 0.717) is 29.7 Å². The predicted molar refractivity (Wildman–Crippen MR) is 99.7 cm³/mol. The Bertz CT molecular complexity index is 992. The molecule has 0 aliphatic heterocycles. The summed E-state index contributed by atoms with van der Waals surface area (Å²) in [4.78, 5) is 16.9. The molecular formula is C20H20F3N3O2. The summed E-state index contributed by atoms with van der Waals surface area (Å²) in [6.45, 7) is 6.24. The van der Waals surface area contributed by atoms with Gasteiger partial charge in [0.15, 0.2) is 0 Å². The van der Waals surface area contributed by atoms with Crippen LogP contribution in [0, 0.1) is 12.8 Å². The summed E-state index contributed by atoms with van der Waals surface area (Å²) in [6, 6.07) is 8.98. The first-order valence-electron chi connectivity index (χ1n) is 8.75. The van der Waals surface area contributed by atoms with Gasteiger partial charge in [-0.1, -0.05) is 13.8 Å². The number of aryl methyl sites for hydroxylation is 1. The molecule has 8 heteroatoms. The fraction of sp³-hybridized carbons (Fsp3) is 0.300. The Morgan fingerprint density at radius 3 is 2.46 bits per heavy atom. The number of fused-ring (bicyclic) bond motifs is 1. The van der Waals surface area contributed by atoms with Crippen LogP contribution in [-0.2, 0) is 6.18 Å². The molecule has 3 aromatic rings. The van der Waals surface area contributed by atoms with Crippen molar-refractivity contribution in [1.29, 1.82) is 0 Å². The molecule has 0 saturated heterocycles. The van der Waals surface area contributed by atoms with Gasteiger partial charge >= 0.3 is 6.18 Å². The number of nitrogens with one attached hydrogen (secondary N) is 1. The summed E-state index contributed by atoms with van der Waals surface area (Å²) < 4.78 is 45.8. The number of hydrogen-bond donors (Lipinski definition) is 1. The largest absolute Gasteiger partial charge is 0.493 e. The molecule has 0 atom stereocenters. The van der Waals surface area contributed by atoms with Crippen molar-refractivity contribution in [2.45, 2.75) is 26.9 Å². The molecule has 148 valence electrons. The monoisotopic (exact) mass is 391 g/mol. The van der Waals surface area contributed by atoms with E-state index in [1.165, 1.54) is 6.07 Å². The number of benzene rings is 1. The molecule has 1 aromatic carbocycles. The van der Waals surface area contributed by atoms with Gasteiger partial charge in [-0.2, -0.15) is 13.2 Å². The quantitative estimate of drug-likeness (QED) is 0.670. The molecule has 1 amide bonds. The number of pyridine rings is 1. The number of anilines is 1. The van der Waals surface area contributed by atoms with Gasteiger partial charge in [0.25, 0.3) is 5.91 Å². The van der Waals surface area contributed by atoms with Gasteiger partial charge in [0.05, 0.1) is 17.9 Å². The number of nitrogens with zero attached hydrogens (tertiary/aromatic N) is 2. The van der Waals surface area contributed by atoms with Gasteiger partial charge in [0.1, 0.15) is 17.1 Å². The molecule has 0 aliphatic rings. The first-order valence-corrected chi connectivity index (χ1v) is 8.75. The molecule has 3 rings (SSSR count). The minimum absolute atomic E-state index is 0.0567. The van der Waals surface area contributed by atoms with E-state index in [2.05, 4.69) is 10.3 Å². The Morgan fingerprint density at radius 1 is 1.18 bits per heavy atom.